The molecule has 0 atom stereocenters. The van der Waals surface area contributed by atoms with E-state index in [1.165, 1.54) is 24.6 Å². The van der Waals surface area contributed by atoms with E-state index in [9.17, 15) is 4.79 Å². The number of benzene rings is 1. The Morgan fingerprint density at radius 3 is 2.12 bits per heavy atom. The Morgan fingerprint density at radius 2 is 1.56 bits per heavy atom. The van der Waals surface area contributed by atoms with Crippen LogP contribution in [0.15, 0.2) is 35.3 Å². The maximum Gasteiger partial charge on any atom is 0.490 e. The Bertz CT molecular complexity index is 914. The quantitative estimate of drug-likeness (QED) is 0.460. The van der Waals surface area contributed by atoms with Crippen molar-refractivity contribution >= 4 is 18.8 Å². The molecular formula is C27H41BN2O4. The van der Waals surface area contributed by atoms with Gasteiger partial charge in [-0.15, -0.1) is 0 Å². The van der Waals surface area contributed by atoms with E-state index in [0.29, 0.717) is 5.56 Å². The molecule has 0 aromatic heterocycles. The number of ether oxygens (including phenoxy) is 1. The van der Waals surface area contributed by atoms with Gasteiger partial charge in [-0.1, -0.05) is 19.4 Å². The molecule has 2 saturated heterocycles. The minimum Gasteiger partial charge on any atom is -0.465 e. The SMILES string of the molecule is COC(=O)c1ccc(N2CCN(CC3=C(B4OC(C)(C)C(C)(C)O4)CC(C)(C)CC3)CC2)cc1. The van der Waals surface area contributed by atoms with Gasteiger partial charge in [-0.2, -0.15) is 0 Å². The second-order valence-electron chi connectivity index (χ2n) is 11.9. The zero-order valence-corrected chi connectivity index (χ0v) is 22.1. The third-order valence-corrected chi connectivity index (χ3v) is 8.20. The van der Waals surface area contributed by atoms with E-state index in [4.69, 9.17) is 14.0 Å². The maximum absolute atomic E-state index is 11.7. The average molecular weight is 468 g/mol. The van der Waals surface area contributed by atoms with Crippen LogP contribution in [-0.2, 0) is 14.0 Å². The molecule has 7 heteroatoms. The molecule has 0 bridgehead atoms. The molecule has 1 aromatic carbocycles. The fourth-order valence-electron chi connectivity index (χ4n) is 5.15. The highest BCUT2D eigenvalue weighted by molar-refractivity contribution is 6.54. The summed E-state index contributed by atoms with van der Waals surface area (Å²) in [5.74, 6) is -0.293. The minimum atomic E-state index is -0.313. The molecule has 0 spiro atoms. The smallest absolute Gasteiger partial charge is 0.465 e. The van der Waals surface area contributed by atoms with Crippen LogP contribution in [0.25, 0.3) is 0 Å². The third kappa shape index (κ3) is 5.22. The lowest BCUT2D eigenvalue weighted by molar-refractivity contribution is 0.00578. The van der Waals surface area contributed by atoms with Crippen LogP contribution >= 0.6 is 0 Å². The first kappa shape index (κ1) is 25.3. The Balaban J connectivity index is 1.42. The molecule has 2 aliphatic heterocycles. The van der Waals surface area contributed by atoms with Crippen LogP contribution in [-0.4, -0.2) is 69.0 Å². The lowest BCUT2D eigenvalue weighted by atomic mass is 9.62. The van der Waals surface area contributed by atoms with Gasteiger partial charge < -0.3 is 18.9 Å². The van der Waals surface area contributed by atoms with Crippen LogP contribution in [0.4, 0.5) is 5.69 Å². The lowest BCUT2D eigenvalue weighted by Gasteiger charge is -2.39. The average Bonchev–Trinajstić information content (AvgIpc) is 3.01. The van der Waals surface area contributed by atoms with Crippen molar-refractivity contribution in [1.29, 1.82) is 0 Å². The predicted molar refractivity (Wildman–Crippen MR) is 137 cm³/mol. The monoisotopic (exact) mass is 468 g/mol. The largest absolute Gasteiger partial charge is 0.490 e. The number of carbonyl (C=O) groups is 1. The molecule has 0 radical (unpaired) electrons. The summed E-state index contributed by atoms with van der Waals surface area (Å²) < 4.78 is 17.8. The summed E-state index contributed by atoms with van der Waals surface area (Å²) in [5.41, 5.74) is 4.27. The Kier molecular flexibility index (Phi) is 6.93. The van der Waals surface area contributed by atoms with Crippen LogP contribution in [0.3, 0.4) is 0 Å². The van der Waals surface area contributed by atoms with Gasteiger partial charge in [0.05, 0.1) is 23.9 Å². The number of allylic oxidation sites excluding steroid dienone is 1. The van der Waals surface area contributed by atoms with Gasteiger partial charge in [0.25, 0.3) is 0 Å². The summed E-state index contributed by atoms with van der Waals surface area (Å²) in [6.07, 6.45) is 3.35. The zero-order valence-electron chi connectivity index (χ0n) is 22.1. The number of anilines is 1. The molecule has 186 valence electrons. The topological polar surface area (TPSA) is 51.2 Å². The van der Waals surface area contributed by atoms with Gasteiger partial charge in [-0.05, 0) is 82.1 Å². The van der Waals surface area contributed by atoms with Gasteiger partial charge in [0.1, 0.15) is 0 Å². The van der Waals surface area contributed by atoms with Crippen molar-refractivity contribution in [2.24, 2.45) is 5.41 Å². The van der Waals surface area contributed by atoms with E-state index < -0.39 is 0 Å². The molecule has 3 aliphatic rings. The zero-order chi connectivity index (χ0) is 24.7. The van der Waals surface area contributed by atoms with E-state index in [2.05, 4.69) is 51.3 Å². The summed E-state index contributed by atoms with van der Waals surface area (Å²) >= 11 is 0. The fraction of sp³-hybridized carbons (Fsp3) is 0.667. The van der Waals surface area contributed by atoms with Gasteiger partial charge in [0.2, 0.25) is 0 Å². The van der Waals surface area contributed by atoms with Crippen molar-refractivity contribution in [1.82, 2.24) is 4.90 Å². The molecule has 0 amide bonds. The normalized spacial score (nSPS) is 24.4. The fourth-order valence-corrected chi connectivity index (χ4v) is 5.15. The van der Waals surface area contributed by atoms with Crippen LogP contribution in [0.1, 0.15) is 71.2 Å². The number of esters is 1. The second kappa shape index (κ2) is 9.32. The number of methoxy groups -OCH3 is 1. The van der Waals surface area contributed by atoms with Gasteiger partial charge in [-0.3, -0.25) is 4.90 Å². The van der Waals surface area contributed by atoms with Crippen molar-refractivity contribution in [3.05, 3.63) is 40.9 Å². The highest BCUT2D eigenvalue weighted by atomic mass is 16.7. The van der Waals surface area contributed by atoms with Crippen LogP contribution in [0, 0.1) is 5.41 Å². The van der Waals surface area contributed by atoms with E-state index in [0.717, 1.165) is 51.3 Å². The van der Waals surface area contributed by atoms with Gasteiger partial charge >= 0.3 is 13.1 Å². The second-order valence-corrected chi connectivity index (χ2v) is 11.9. The molecule has 0 saturated carbocycles. The molecule has 1 aliphatic carbocycles. The molecule has 4 rings (SSSR count). The van der Waals surface area contributed by atoms with E-state index >= 15 is 0 Å². The first-order chi connectivity index (χ1) is 15.9. The molecule has 34 heavy (non-hydrogen) atoms. The van der Waals surface area contributed by atoms with Gasteiger partial charge in [0, 0.05) is 38.4 Å². The standard InChI is InChI=1S/C27H41BN2O4/c1-25(2)13-12-21(23(18-25)28-33-26(3,4)27(5,6)34-28)19-29-14-16-30(17-15-29)22-10-8-20(9-11-22)24(31)32-7/h8-11H,12-19H2,1-7H3. The number of carbonyl (C=O) groups excluding carboxylic acids is 1. The summed E-state index contributed by atoms with van der Waals surface area (Å²) in [6.45, 7) is 18.2. The Labute approximate surface area is 205 Å². The minimum absolute atomic E-state index is 0.241. The van der Waals surface area contributed by atoms with E-state index in [1.54, 1.807) is 0 Å². The molecule has 2 heterocycles. The molecule has 0 N–H and O–H groups in total. The summed E-state index contributed by atoms with van der Waals surface area (Å²) in [4.78, 5) is 16.7. The number of nitrogens with zero attached hydrogens (tertiary/aromatic N) is 2. The van der Waals surface area contributed by atoms with Crippen molar-refractivity contribution in [2.45, 2.75) is 72.0 Å². The predicted octanol–water partition coefficient (Wildman–Crippen LogP) is 4.73. The number of hydrogen-bond donors (Lipinski definition) is 0. The molecule has 2 fully saturated rings. The first-order valence-corrected chi connectivity index (χ1v) is 12.6. The maximum atomic E-state index is 11.7. The summed E-state index contributed by atoms with van der Waals surface area (Å²) in [6, 6.07) is 7.73. The van der Waals surface area contributed by atoms with Crippen LogP contribution < -0.4 is 4.90 Å². The third-order valence-electron chi connectivity index (χ3n) is 8.20. The summed E-state index contributed by atoms with van der Waals surface area (Å²) in [7, 11) is 1.17. The van der Waals surface area contributed by atoms with Crippen LogP contribution in [0.5, 0.6) is 0 Å². The van der Waals surface area contributed by atoms with E-state index in [1.807, 2.05) is 24.3 Å². The van der Waals surface area contributed by atoms with Crippen molar-refractivity contribution < 1.29 is 18.8 Å². The van der Waals surface area contributed by atoms with Crippen molar-refractivity contribution in [3.8, 4) is 0 Å². The molecule has 1 aromatic rings. The molecule has 6 nitrogen and oxygen atoms in total. The van der Waals surface area contributed by atoms with Crippen molar-refractivity contribution in [2.75, 3.05) is 44.7 Å². The Morgan fingerprint density at radius 1 is 0.971 bits per heavy atom. The highest BCUT2D eigenvalue weighted by Gasteiger charge is 2.53. The Hall–Kier alpha value is -1.83. The lowest BCUT2D eigenvalue weighted by Crippen LogP contribution is -2.47. The van der Waals surface area contributed by atoms with Gasteiger partial charge in [0.15, 0.2) is 0 Å². The number of hydrogen-bond acceptors (Lipinski definition) is 6. The summed E-state index contributed by atoms with van der Waals surface area (Å²) in [5, 5.41) is 0. The van der Waals surface area contributed by atoms with E-state index in [-0.39, 0.29) is 29.7 Å². The first-order valence-electron chi connectivity index (χ1n) is 12.6. The van der Waals surface area contributed by atoms with Crippen molar-refractivity contribution in [3.63, 3.8) is 0 Å². The highest BCUT2D eigenvalue weighted by Crippen LogP contribution is 2.45. The molecular weight excluding hydrogens is 427 g/mol. The number of rotatable bonds is 5. The number of piperazine rings is 1. The van der Waals surface area contributed by atoms with Gasteiger partial charge in [-0.25, -0.2) is 4.79 Å². The molecule has 0 unspecified atom stereocenters. The van der Waals surface area contributed by atoms with Crippen LogP contribution in [0.2, 0.25) is 0 Å².